The summed E-state index contributed by atoms with van der Waals surface area (Å²) in [5.41, 5.74) is -1.98. The van der Waals surface area contributed by atoms with Crippen LogP contribution in [0.3, 0.4) is 0 Å². The first-order valence-electron chi connectivity index (χ1n) is 8.90. The van der Waals surface area contributed by atoms with E-state index in [0.717, 1.165) is 4.31 Å². The Kier molecular flexibility index (Phi) is 6.48. The number of rotatable bonds is 6. The maximum atomic E-state index is 13.2. The molecule has 0 radical (unpaired) electrons. The van der Waals surface area contributed by atoms with E-state index in [0.29, 0.717) is 4.47 Å². The van der Waals surface area contributed by atoms with E-state index >= 15 is 0 Å². The number of β-amino-alcohol motifs (C(OH)–C–C–N with tert-alkyl or cyclic N) is 1. The van der Waals surface area contributed by atoms with Crippen LogP contribution in [0.25, 0.3) is 0 Å². The Labute approximate surface area is 188 Å². The van der Waals surface area contributed by atoms with Crippen molar-refractivity contribution in [3.63, 3.8) is 0 Å². The van der Waals surface area contributed by atoms with Gasteiger partial charge in [-0.25, -0.2) is 16.8 Å². The van der Waals surface area contributed by atoms with Crippen molar-refractivity contribution in [1.82, 2.24) is 4.31 Å². The van der Waals surface area contributed by atoms with Gasteiger partial charge in [-0.3, -0.25) is 0 Å². The highest BCUT2D eigenvalue weighted by atomic mass is 79.9. The van der Waals surface area contributed by atoms with Crippen LogP contribution in [-0.2, 0) is 19.9 Å². The van der Waals surface area contributed by atoms with Gasteiger partial charge in [0.25, 0.3) is 0 Å². The highest BCUT2D eigenvalue weighted by molar-refractivity contribution is 9.10. The van der Waals surface area contributed by atoms with Gasteiger partial charge in [-0.2, -0.15) is 9.57 Å². The number of hydrogen-bond acceptors (Lipinski definition) is 8. The van der Waals surface area contributed by atoms with Crippen LogP contribution in [0, 0.1) is 11.3 Å². The van der Waals surface area contributed by atoms with Crippen LogP contribution < -0.4 is 4.74 Å². The fourth-order valence-electron chi connectivity index (χ4n) is 3.43. The summed E-state index contributed by atoms with van der Waals surface area (Å²) in [7, 11) is -7.20. The number of hydrogen-bond donors (Lipinski definition) is 2. The Balaban J connectivity index is 2.03. The smallest absolute Gasteiger partial charge is 0.246 e. The number of nitrogens with zero attached hydrogens (tertiary/aromatic N) is 2. The number of halogens is 1. The van der Waals surface area contributed by atoms with E-state index in [-0.39, 0.29) is 21.1 Å². The van der Waals surface area contributed by atoms with Crippen LogP contribution in [0.4, 0.5) is 0 Å². The molecule has 1 aliphatic rings. The van der Waals surface area contributed by atoms with E-state index in [1.54, 1.807) is 0 Å². The lowest BCUT2D eigenvalue weighted by Crippen LogP contribution is -2.49. The van der Waals surface area contributed by atoms with Crippen molar-refractivity contribution in [3.05, 3.63) is 52.5 Å². The first kappa shape index (κ1) is 23.6. The molecule has 1 fully saturated rings. The van der Waals surface area contributed by atoms with Crippen LogP contribution in [0.2, 0.25) is 0 Å². The Morgan fingerprint density at radius 3 is 2.42 bits per heavy atom. The van der Waals surface area contributed by atoms with E-state index in [1.807, 2.05) is 6.07 Å². The molecule has 2 aromatic carbocycles. The van der Waals surface area contributed by atoms with Crippen LogP contribution >= 0.6 is 15.9 Å². The van der Waals surface area contributed by atoms with Crippen LogP contribution in [0.5, 0.6) is 5.75 Å². The second-order valence-corrected chi connectivity index (χ2v) is 12.0. The number of nitriles is 1. The summed E-state index contributed by atoms with van der Waals surface area (Å²) >= 11 is 3.23. The Morgan fingerprint density at radius 1 is 1.23 bits per heavy atom. The summed E-state index contributed by atoms with van der Waals surface area (Å²) in [5.74, 6) is 0.0420. The fraction of sp³-hybridized carbons (Fsp3) is 0.316. The number of aliphatic hydroxyl groups excluding tert-OH is 1. The zero-order valence-corrected chi connectivity index (χ0v) is 19.5. The molecule has 0 saturated carbocycles. The third-order valence-corrected chi connectivity index (χ3v) is 9.73. The first-order valence-corrected chi connectivity index (χ1v) is 12.7. The number of methoxy groups -OCH3 is 1. The molecule has 2 N–H and O–H groups in total. The molecule has 1 aliphatic heterocycles. The second kappa shape index (κ2) is 8.50. The van der Waals surface area contributed by atoms with E-state index in [4.69, 9.17) is 10.00 Å². The first-order chi connectivity index (χ1) is 14.5. The van der Waals surface area contributed by atoms with Crippen molar-refractivity contribution in [2.75, 3.05) is 26.8 Å². The van der Waals surface area contributed by atoms with Crippen molar-refractivity contribution >= 4 is 35.8 Å². The van der Waals surface area contributed by atoms with Crippen molar-refractivity contribution in [2.24, 2.45) is 0 Å². The van der Waals surface area contributed by atoms with Crippen molar-refractivity contribution < 1.29 is 31.8 Å². The number of benzene rings is 2. The SMILES string of the molecule is COc1cc(Br)ccc1S(=O)(=O)N1C[C@H](S(=O)(=O)c2ccc(C#N)cc2)[C@](O)(CO)C1. The molecule has 1 heterocycles. The van der Waals surface area contributed by atoms with Gasteiger partial charge < -0.3 is 14.9 Å². The third kappa shape index (κ3) is 4.21. The molecule has 0 aliphatic carbocycles. The summed E-state index contributed by atoms with van der Waals surface area (Å²) < 4.78 is 59.4. The van der Waals surface area contributed by atoms with Crippen LogP contribution in [-0.4, -0.2) is 69.0 Å². The molecule has 0 unspecified atom stereocenters. The number of ether oxygens (including phenoxy) is 1. The average molecular weight is 531 g/mol. The third-order valence-electron chi connectivity index (χ3n) is 5.12. The highest BCUT2D eigenvalue weighted by Crippen LogP contribution is 2.37. The van der Waals surface area contributed by atoms with E-state index in [2.05, 4.69) is 15.9 Å². The molecule has 0 bridgehead atoms. The molecule has 0 amide bonds. The van der Waals surface area contributed by atoms with Gasteiger partial charge in [0.05, 0.1) is 30.2 Å². The lowest BCUT2D eigenvalue weighted by molar-refractivity contribution is 0.00159. The largest absolute Gasteiger partial charge is 0.495 e. The average Bonchev–Trinajstić information content (AvgIpc) is 3.13. The van der Waals surface area contributed by atoms with E-state index in [9.17, 15) is 27.0 Å². The lowest BCUT2D eigenvalue weighted by Gasteiger charge is -2.26. The summed E-state index contributed by atoms with van der Waals surface area (Å²) in [6.07, 6.45) is 0. The Hall–Kier alpha value is -2.01. The lowest BCUT2D eigenvalue weighted by atomic mass is 10.1. The molecule has 12 heteroatoms. The maximum absolute atomic E-state index is 13.2. The van der Waals surface area contributed by atoms with Crippen LogP contribution in [0.1, 0.15) is 5.56 Å². The van der Waals surface area contributed by atoms with E-state index < -0.39 is 50.4 Å². The number of sulfone groups is 1. The second-order valence-electron chi connectivity index (χ2n) is 7.02. The molecule has 0 aromatic heterocycles. The molecule has 9 nitrogen and oxygen atoms in total. The molecule has 31 heavy (non-hydrogen) atoms. The quantitative estimate of drug-likeness (QED) is 0.560. The zero-order chi connectivity index (χ0) is 23.0. The van der Waals surface area contributed by atoms with Crippen LogP contribution in [0.15, 0.2) is 56.7 Å². The van der Waals surface area contributed by atoms with Gasteiger partial charge in [-0.1, -0.05) is 15.9 Å². The molecular formula is C19H19BrN2O7S2. The summed E-state index contributed by atoms with van der Waals surface area (Å²) in [6, 6.07) is 11.2. The van der Waals surface area contributed by atoms with Crippen molar-refractivity contribution in [1.29, 1.82) is 5.26 Å². The standard InChI is InChI=1S/C19H19BrN2O7S2/c1-29-16-8-14(20)4-7-17(16)31(27,28)22-10-18(19(24,11-22)12-23)30(25,26)15-5-2-13(9-21)3-6-15/h2-8,18,23-24H,10-12H2,1H3/t18-,19+/m0/s1. The van der Waals surface area contributed by atoms with E-state index in [1.165, 1.54) is 49.6 Å². The monoisotopic (exact) mass is 530 g/mol. The normalized spacial score (nSPS) is 22.2. The minimum Gasteiger partial charge on any atom is -0.495 e. The summed E-state index contributed by atoms with van der Waals surface area (Å²) in [6.45, 7) is -2.15. The van der Waals surface area contributed by atoms with Gasteiger partial charge in [0.1, 0.15) is 21.5 Å². The molecule has 166 valence electrons. The molecule has 0 spiro atoms. The van der Waals surface area contributed by atoms with Crippen molar-refractivity contribution in [2.45, 2.75) is 20.6 Å². The Morgan fingerprint density at radius 2 is 1.87 bits per heavy atom. The van der Waals surface area contributed by atoms with Crippen molar-refractivity contribution in [3.8, 4) is 11.8 Å². The van der Waals surface area contributed by atoms with Gasteiger partial charge in [-0.05, 0) is 42.5 Å². The zero-order valence-electron chi connectivity index (χ0n) is 16.3. The van der Waals surface area contributed by atoms with Gasteiger partial charge in [0.2, 0.25) is 10.0 Å². The predicted octanol–water partition coefficient (Wildman–Crippen LogP) is 0.900. The minimum absolute atomic E-state index is 0.0420. The number of aliphatic hydroxyl groups is 2. The topological polar surface area (TPSA) is 145 Å². The van der Waals surface area contributed by atoms with Gasteiger partial charge in [-0.15, -0.1) is 0 Å². The summed E-state index contributed by atoms with van der Waals surface area (Å²) in [4.78, 5) is -0.390. The highest BCUT2D eigenvalue weighted by Gasteiger charge is 2.55. The fourth-order valence-corrected chi connectivity index (χ4v) is 7.46. The van der Waals surface area contributed by atoms with Gasteiger partial charge in [0, 0.05) is 17.6 Å². The maximum Gasteiger partial charge on any atom is 0.246 e. The molecule has 1 saturated heterocycles. The molecule has 3 rings (SSSR count). The molecule has 2 atom stereocenters. The minimum atomic E-state index is -4.26. The predicted molar refractivity (Wildman–Crippen MR) is 114 cm³/mol. The van der Waals surface area contributed by atoms with Gasteiger partial charge >= 0.3 is 0 Å². The molecular weight excluding hydrogens is 512 g/mol. The molecule has 2 aromatic rings. The number of sulfonamides is 1. The Bertz CT molecular complexity index is 1240. The van der Waals surface area contributed by atoms with Gasteiger partial charge in [0.15, 0.2) is 9.84 Å². The summed E-state index contributed by atoms with van der Waals surface area (Å²) in [5, 5.41) is 27.9.